The van der Waals surface area contributed by atoms with Crippen LogP contribution in [0.15, 0.2) is 67.1 Å². The van der Waals surface area contributed by atoms with Gasteiger partial charge in [0.25, 0.3) is 0 Å². The number of aromatic amines is 1. The summed E-state index contributed by atoms with van der Waals surface area (Å²) in [6.07, 6.45) is 5.02. The standard InChI is InChI=1S/C26H24BrN5O3/c27-13-22(33)32-12-4-5-18(32)14-28-25-23-21(15-29-26(23)31-16-30-25)24(34)17-8-10-20(11-9-17)35-19-6-2-1-3-7-19/h1-3,6-11,15-16,18H,4-5,12-14H2,(H2,28,29,30,31). The second kappa shape index (κ2) is 10.3. The summed E-state index contributed by atoms with van der Waals surface area (Å²) in [5.74, 6) is 1.89. The Kier molecular flexibility index (Phi) is 6.76. The van der Waals surface area contributed by atoms with Crippen LogP contribution in [0.1, 0.15) is 28.8 Å². The lowest BCUT2D eigenvalue weighted by molar-refractivity contribution is -0.128. The van der Waals surface area contributed by atoms with Gasteiger partial charge in [-0.05, 0) is 49.2 Å². The molecule has 5 rings (SSSR count). The molecule has 0 bridgehead atoms. The van der Waals surface area contributed by atoms with Crippen LogP contribution in [-0.2, 0) is 4.79 Å². The molecule has 1 unspecified atom stereocenters. The summed E-state index contributed by atoms with van der Waals surface area (Å²) < 4.78 is 5.83. The van der Waals surface area contributed by atoms with Crippen molar-refractivity contribution in [3.63, 3.8) is 0 Å². The number of ether oxygens (including phenoxy) is 1. The van der Waals surface area contributed by atoms with Gasteiger partial charge >= 0.3 is 0 Å². The molecular formula is C26H24BrN5O3. The molecule has 1 amide bonds. The van der Waals surface area contributed by atoms with Crippen LogP contribution in [0.25, 0.3) is 11.0 Å². The number of likely N-dealkylation sites (tertiary alicyclic amines) is 1. The van der Waals surface area contributed by atoms with Gasteiger partial charge in [0.15, 0.2) is 5.78 Å². The number of ketones is 1. The summed E-state index contributed by atoms with van der Waals surface area (Å²) >= 11 is 3.26. The lowest BCUT2D eigenvalue weighted by atomic mass is 10.0. The fraction of sp³-hybridized carbons (Fsp3) is 0.231. The maximum Gasteiger partial charge on any atom is 0.233 e. The molecule has 8 nitrogen and oxygen atoms in total. The number of para-hydroxylation sites is 1. The Balaban J connectivity index is 1.35. The molecule has 178 valence electrons. The zero-order chi connectivity index (χ0) is 24.2. The predicted octanol–water partition coefficient (Wildman–Crippen LogP) is 4.78. The Morgan fingerprint density at radius 1 is 1.09 bits per heavy atom. The number of fused-ring (bicyclic) bond motifs is 1. The van der Waals surface area contributed by atoms with E-state index in [0.717, 1.165) is 25.1 Å². The second-order valence-corrected chi connectivity index (χ2v) is 8.88. The second-order valence-electron chi connectivity index (χ2n) is 8.31. The molecule has 9 heteroatoms. The molecule has 1 aliphatic rings. The van der Waals surface area contributed by atoms with Crippen LogP contribution in [0, 0.1) is 0 Å². The summed E-state index contributed by atoms with van der Waals surface area (Å²) in [6, 6.07) is 16.6. The van der Waals surface area contributed by atoms with E-state index in [1.165, 1.54) is 6.33 Å². The van der Waals surface area contributed by atoms with E-state index < -0.39 is 0 Å². The van der Waals surface area contributed by atoms with Gasteiger partial charge in [0.2, 0.25) is 5.91 Å². The number of benzene rings is 2. The number of hydrogen-bond acceptors (Lipinski definition) is 6. The van der Waals surface area contributed by atoms with Gasteiger partial charge in [0.1, 0.15) is 29.3 Å². The maximum absolute atomic E-state index is 13.4. The van der Waals surface area contributed by atoms with Gasteiger partial charge in [0.05, 0.1) is 16.3 Å². The molecule has 35 heavy (non-hydrogen) atoms. The molecule has 0 radical (unpaired) electrons. The third-order valence-corrected chi connectivity index (χ3v) is 6.61. The quantitative estimate of drug-likeness (QED) is 0.249. The largest absolute Gasteiger partial charge is 0.457 e. The number of carbonyl (C=O) groups is 2. The average molecular weight is 534 g/mol. The zero-order valence-corrected chi connectivity index (χ0v) is 20.5. The number of rotatable bonds is 8. The van der Waals surface area contributed by atoms with Gasteiger partial charge < -0.3 is 19.9 Å². The first-order chi connectivity index (χ1) is 17.1. The van der Waals surface area contributed by atoms with E-state index in [4.69, 9.17) is 4.74 Å². The SMILES string of the molecule is O=C(c1ccc(Oc2ccccc2)cc1)c1c[nH]c2ncnc(NCC3CCCN3C(=O)CBr)c12. The highest BCUT2D eigenvalue weighted by molar-refractivity contribution is 9.09. The molecule has 0 spiro atoms. The van der Waals surface area contributed by atoms with Crippen LogP contribution in [-0.4, -0.2) is 56.0 Å². The topological polar surface area (TPSA) is 100 Å². The molecule has 2 aromatic heterocycles. The lowest BCUT2D eigenvalue weighted by Crippen LogP contribution is -2.40. The third kappa shape index (κ3) is 4.90. The van der Waals surface area contributed by atoms with Crippen LogP contribution in [0.3, 0.4) is 0 Å². The van der Waals surface area contributed by atoms with E-state index in [1.807, 2.05) is 35.2 Å². The summed E-state index contributed by atoms with van der Waals surface area (Å²) in [6.45, 7) is 1.31. The highest BCUT2D eigenvalue weighted by Crippen LogP contribution is 2.28. The van der Waals surface area contributed by atoms with Crippen molar-refractivity contribution in [2.45, 2.75) is 18.9 Å². The minimum atomic E-state index is -0.141. The molecule has 3 heterocycles. The van der Waals surface area contributed by atoms with Crippen LogP contribution >= 0.6 is 15.9 Å². The van der Waals surface area contributed by atoms with Gasteiger partial charge in [-0.25, -0.2) is 9.97 Å². The number of hydrogen-bond donors (Lipinski definition) is 2. The first-order valence-corrected chi connectivity index (χ1v) is 12.5. The van der Waals surface area contributed by atoms with Crippen molar-refractivity contribution < 1.29 is 14.3 Å². The molecule has 2 aromatic carbocycles. The summed E-state index contributed by atoms with van der Waals surface area (Å²) in [5, 5.41) is 4.31. The van der Waals surface area contributed by atoms with E-state index in [1.54, 1.807) is 30.5 Å². The Morgan fingerprint density at radius 3 is 2.63 bits per heavy atom. The smallest absolute Gasteiger partial charge is 0.233 e. The zero-order valence-electron chi connectivity index (χ0n) is 18.9. The fourth-order valence-electron chi connectivity index (χ4n) is 4.40. The molecule has 4 aromatic rings. The van der Waals surface area contributed by atoms with Gasteiger partial charge in [-0.3, -0.25) is 9.59 Å². The number of aromatic nitrogens is 3. The third-order valence-electron chi connectivity index (χ3n) is 6.13. The monoisotopic (exact) mass is 533 g/mol. The predicted molar refractivity (Wildman–Crippen MR) is 137 cm³/mol. The number of halogens is 1. The molecule has 0 aliphatic carbocycles. The number of nitrogens with zero attached hydrogens (tertiary/aromatic N) is 3. The highest BCUT2D eigenvalue weighted by atomic mass is 79.9. The molecular weight excluding hydrogens is 510 g/mol. The van der Waals surface area contributed by atoms with Crippen molar-refractivity contribution in [3.05, 3.63) is 78.2 Å². The fourth-order valence-corrected chi connectivity index (χ4v) is 4.72. The highest BCUT2D eigenvalue weighted by Gasteiger charge is 2.28. The van der Waals surface area contributed by atoms with Gasteiger partial charge in [-0.1, -0.05) is 34.1 Å². The lowest BCUT2D eigenvalue weighted by Gasteiger charge is -2.24. The van der Waals surface area contributed by atoms with Gasteiger partial charge in [-0.15, -0.1) is 0 Å². The van der Waals surface area contributed by atoms with Gasteiger partial charge in [0, 0.05) is 30.9 Å². The minimum absolute atomic E-state index is 0.0827. The van der Waals surface area contributed by atoms with E-state index >= 15 is 0 Å². The van der Waals surface area contributed by atoms with Crippen molar-refractivity contribution in [2.75, 3.05) is 23.7 Å². The summed E-state index contributed by atoms with van der Waals surface area (Å²) in [4.78, 5) is 39.2. The van der Waals surface area contributed by atoms with Crippen molar-refractivity contribution in [1.29, 1.82) is 0 Å². The molecule has 2 N–H and O–H groups in total. The molecule has 1 aliphatic heterocycles. The first-order valence-electron chi connectivity index (χ1n) is 11.4. The number of nitrogens with one attached hydrogen (secondary N) is 2. The Morgan fingerprint density at radius 2 is 1.86 bits per heavy atom. The van der Waals surface area contributed by atoms with Crippen molar-refractivity contribution in [3.8, 4) is 11.5 Å². The number of H-pyrrole nitrogens is 1. The van der Waals surface area contributed by atoms with Gasteiger partial charge in [-0.2, -0.15) is 0 Å². The normalized spacial score (nSPS) is 15.3. The molecule has 1 fully saturated rings. The average Bonchev–Trinajstić information content (AvgIpc) is 3.55. The molecule has 1 atom stereocenters. The summed E-state index contributed by atoms with van der Waals surface area (Å²) in [5.41, 5.74) is 1.60. The first kappa shape index (κ1) is 23.0. The van der Waals surface area contributed by atoms with Crippen molar-refractivity contribution in [2.24, 2.45) is 0 Å². The van der Waals surface area contributed by atoms with E-state index in [0.29, 0.717) is 45.6 Å². The minimum Gasteiger partial charge on any atom is -0.457 e. The number of amides is 1. The number of anilines is 1. The molecule has 1 saturated heterocycles. The van der Waals surface area contributed by atoms with E-state index in [2.05, 4.69) is 36.2 Å². The number of alkyl halides is 1. The van der Waals surface area contributed by atoms with Crippen LogP contribution in [0.5, 0.6) is 11.5 Å². The molecule has 0 saturated carbocycles. The van der Waals surface area contributed by atoms with E-state index in [9.17, 15) is 9.59 Å². The van der Waals surface area contributed by atoms with Crippen molar-refractivity contribution >= 4 is 44.5 Å². The van der Waals surface area contributed by atoms with E-state index in [-0.39, 0.29) is 17.7 Å². The summed E-state index contributed by atoms with van der Waals surface area (Å²) in [7, 11) is 0. The Hall–Kier alpha value is -3.72. The van der Waals surface area contributed by atoms with Crippen LogP contribution in [0.2, 0.25) is 0 Å². The van der Waals surface area contributed by atoms with Crippen LogP contribution < -0.4 is 10.1 Å². The van der Waals surface area contributed by atoms with Crippen molar-refractivity contribution in [1.82, 2.24) is 19.9 Å². The maximum atomic E-state index is 13.4. The number of carbonyl (C=O) groups excluding carboxylic acids is 2. The Labute approximate surface area is 210 Å². The van der Waals surface area contributed by atoms with Crippen LogP contribution in [0.4, 0.5) is 5.82 Å². The Bertz CT molecular complexity index is 1340.